The van der Waals surface area contributed by atoms with Crippen LogP contribution in [-0.4, -0.2) is 61.3 Å². The van der Waals surface area contributed by atoms with Crippen LogP contribution in [0, 0.1) is 0 Å². The number of nitrogens with zero attached hydrogens (tertiary/aromatic N) is 3. The third kappa shape index (κ3) is 4.66. The second-order valence-electron chi connectivity index (χ2n) is 9.87. The number of benzene rings is 2. The normalized spacial score (nSPS) is 18.6. The zero-order valence-corrected chi connectivity index (χ0v) is 21.8. The maximum Gasteiger partial charge on any atom is 0.293 e. The van der Waals surface area contributed by atoms with Gasteiger partial charge in [-0.1, -0.05) is 30.4 Å². The minimum absolute atomic E-state index is 0.227. The van der Waals surface area contributed by atoms with Crippen LogP contribution in [0.4, 0.5) is 10.5 Å². The molecule has 1 aromatic heterocycles. The zero-order chi connectivity index (χ0) is 25.4. The summed E-state index contributed by atoms with van der Waals surface area (Å²) < 4.78 is 13.3. The van der Waals surface area contributed by atoms with Gasteiger partial charge in [0.05, 0.1) is 38.3 Å². The summed E-state index contributed by atoms with van der Waals surface area (Å²) in [6.45, 7) is 3.99. The Kier molecular flexibility index (Phi) is 6.40. The second-order valence-corrected chi connectivity index (χ2v) is 10.9. The molecule has 3 heterocycles. The van der Waals surface area contributed by atoms with Gasteiger partial charge in [0, 0.05) is 36.3 Å². The van der Waals surface area contributed by atoms with Gasteiger partial charge in [-0.2, -0.15) is 0 Å². The molecule has 2 aliphatic rings. The lowest BCUT2D eigenvalue weighted by Gasteiger charge is -2.25. The first-order valence-corrected chi connectivity index (χ1v) is 12.9. The molecule has 2 amide bonds. The Morgan fingerprint density at radius 1 is 0.972 bits per heavy atom. The number of thioether (sulfide) groups is 1. The fraction of sp³-hybridized carbons (Fsp3) is 0.286. The Balaban J connectivity index is 1.43. The number of hydrogen-bond acceptors (Lipinski definition) is 6. The van der Waals surface area contributed by atoms with Crippen LogP contribution >= 0.6 is 11.8 Å². The summed E-state index contributed by atoms with van der Waals surface area (Å²) in [5, 5.41) is 1.86. The first kappa shape index (κ1) is 24.2. The fourth-order valence-electron chi connectivity index (χ4n) is 4.45. The highest BCUT2D eigenvalue weighted by Crippen LogP contribution is 2.44. The number of likely N-dealkylation sites (N-methyl/N-ethyl adjacent to an activating group) is 1. The van der Waals surface area contributed by atoms with Gasteiger partial charge in [-0.25, -0.2) is 0 Å². The highest BCUT2D eigenvalue weighted by atomic mass is 32.2. The molecule has 8 heteroatoms. The van der Waals surface area contributed by atoms with Crippen LogP contribution < -0.4 is 9.64 Å². The van der Waals surface area contributed by atoms with E-state index in [0.717, 1.165) is 75.0 Å². The van der Waals surface area contributed by atoms with Gasteiger partial charge in [0.25, 0.3) is 11.1 Å². The maximum atomic E-state index is 12.3. The Morgan fingerprint density at radius 2 is 1.75 bits per heavy atom. The van der Waals surface area contributed by atoms with Crippen LogP contribution in [0.1, 0.15) is 13.3 Å². The molecule has 36 heavy (non-hydrogen) atoms. The quantitative estimate of drug-likeness (QED) is 0.296. The van der Waals surface area contributed by atoms with Crippen LogP contribution in [0.2, 0.25) is 0 Å². The van der Waals surface area contributed by atoms with Crippen molar-refractivity contribution in [1.82, 2.24) is 4.90 Å². The van der Waals surface area contributed by atoms with Gasteiger partial charge in [-0.05, 0) is 43.0 Å². The lowest BCUT2D eigenvalue weighted by molar-refractivity contribution is -0.870. The molecule has 0 spiro atoms. The van der Waals surface area contributed by atoms with E-state index in [-0.39, 0.29) is 11.1 Å². The number of ether oxygens (including phenoxy) is 1. The summed E-state index contributed by atoms with van der Waals surface area (Å²) >= 11 is 0.969. The first-order valence-electron chi connectivity index (χ1n) is 12.1. The number of imide groups is 1. The maximum absolute atomic E-state index is 12.3. The van der Waals surface area contributed by atoms with E-state index < -0.39 is 0 Å². The van der Waals surface area contributed by atoms with Crippen LogP contribution in [0.25, 0.3) is 21.9 Å². The largest absolute Gasteiger partial charge is 0.456 e. The predicted molar refractivity (Wildman–Crippen MR) is 145 cm³/mol. The summed E-state index contributed by atoms with van der Waals surface area (Å²) in [6, 6.07) is 12.1. The molecular formula is C28H30N3O4S+. The van der Waals surface area contributed by atoms with Gasteiger partial charge in [-0.15, -0.1) is 0 Å². The number of quaternary nitrogens is 1. The van der Waals surface area contributed by atoms with Crippen molar-refractivity contribution < 1.29 is 23.2 Å². The van der Waals surface area contributed by atoms with E-state index in [1.165, 1.54) is 4.90 Å². The van der Waals surface area contributed by atoms with Crippen molar-refractivity contribution >= 4 is 50.5 Å². The molecule has 0 bridgehead atoms. The summed E-state index contributed by atoms with van der Waals surface area (Å²) in [7, 11) is 6.56. The van der Waals surface area contributed by atoms with Gasteiger partial charge in [0.2, 0.25) is 5.88 Å². The van der Waals surface area contributed by atoms with Crippen LogP contribution in [-0.2, 0) is 4.79 Å². The zero-order valence-electron chi connectivity index (χ0n) is 21.0. The molecule has 5 rings (SSSR count). The van der Waals surface area contributed by atoms with E-state index in [4.69, 9.17) is 9.15 Å². The second kappa shape index (κ2) is 9.52. The Morgan fingerprint density at radius 3 is 2.50 bits per heavy atom. The lowest BCUT2D eigenvalue weighted by Crippen LogP contribution is -2.37. The van der Waals surface area contributed by atoms with Crippen LogP contribution in [0.3, 0.4) is 0 Å². The molecular weight excluding hydrogens is 474 g/mol. The summed E-state index contributed by atoms with van der Waals surface area (Å²) in [4.78, 5) is 28.1. The van der Waals surface area contributed by atoms with E-state index in [1.54, 1.807) is 19.1 Å². The molecule has 0 unspecified atom stereocenters. The smallest absolute Gasteiger partial charge is 0.293 e. The summed E-state index contributed by atoms with van der Waals surface area (Å²) in [6.07, 6.45) is 8.17. The van der Waals surface area contributed by atoms with Crippen LogP contribution in [0.5, 0.6) is 5.75 Å². The standard InChI is InChI=1S/C28H30N3O4S/c1-5-29-27(32)25(36-28(29)33)13-8-9-14-26-30(15-10-16-31(2,3)4)21-18-23-20(17-24(21)35-26)19-11-6-7-12-22(19)34-23/h6-9,11-14,17-18H,5,10,15-16H2,1-4H3/q+1. The lowest BCUT2D eigenvalue weighted by atomic mass is 10.1. The number of carbonyl (C=O) groups excluding carboxylic acids is 2. The van der Waals surface area contributed by atoms with Crippen molar-refractivity contribution in [2.45, 2.75) is 13.3 Å². The van der Waals surface area contributed by atoms with Crippen molar-refractivity contribution in [1.29, 1.82) is 0 Å². The minimum Gasteiger partial charge on any atom is -0.456 e. The predicted octanol–water partition coefficient (Wildman–Crippen LogP) is 5.88. The molecule has 2 aliphatic heterocycles. The number of hydrogen-bond donors (Lipinski definition) is 0. The Bertz CT molecular complexity index is 1440. The molecule has 0 atom stereocenters. The van der Waals surface area contributed by atoms with Crippen molar-refractivity contribution in [2.24, 2.45) is 0 Å². The van der Waals surface area contributed by atoms with E-state index in [1.807, 2.05) is 30.4 Å². The van der Waals surface area contributed by atoms with Crippen molar-refractivity contribution in [3.05, 3.63) is 71.5 Å². The molecule has 0 saturated carbocycles. The summed E-state index contributed by atoms with van der Waals surface area (Å²) in [5.74, 6) is 1.27. The molecule has 0 radical (unpaired) electrons. The molecule has 1 fully saturated rings. The van der Waals surface area contributed by atoms with E-state index in [9.17, 15) is 9.59 Å². The van der Waals surface area contributed by atoms with Crippen molar-refractivity contribution in [3.8, 4) is 5.75 Å². The van der Waals surface area contributed by atoms with E-state index in [0.29, 0.717) is 11.4 Å². The number of para-hydroxylation sites is 1. The third-order valence-electron chi connectivity index (χ3n) is 6.23. The molecule has 3 aromatic rings. The molecule has 2 aromatic carbocycles. The number of carbonyl (C=O) groups is 2. The fourth-order valence-corrected chi connectivity index (χ4v) is 5.30. The molecule has 7 nitrogen and oxygen atoms in total. The molecule has 186 valence electrons. The first-order chi connectivity index (χ1) is 17.2. The number of amides is 2. The summed E-state index contributed by atoms with van der Waals surface area (Å²) in [5.41, 5.74) is 2.67. The van der Waals surface area contributed by atoms with Gasteiger partial charge in [0.1, 0.15) is 11.2 Å². The monoisotopic (exact) mass is 504 g/mol. The van der Waals surface area contributed by atoms with Gasteiger partial charge in [0.15, 0.2) is 5.75 Å². The molecule has 0 aliphatic carbocycles. The average Bonchev–Trinajstić information content (AvgIpc) is 3.45. The van der Waals surface area contributed by atoms with Gasteiger partial charge in [-0.3, -0.25) is 14.5 Å². The van der Waals surface area contributed by atoms with E-state index >= 15 is 0 Å². The average molecular weight is 505 g/mol. The topological polar surface area (TPSA) is 63.0 Å². The minimum atomic E-state index is -0.244. The Labute approximate surface area is 214 Å². The number of anilines is 1. The Hall–Kier alpha value is -3.49. The van der Waals surface area contributed by atoms with Crippen molar-refractivity contribution in [3.63, 3.8) is 0 Å². The SMILES string of the molecule is CCN1C(=O)SC(=CC=CC=C2Oc3cc4c(cc3N2CCC[N+](C)(C)C)oc2ccccc24)C1=O. The number of allylic oxidation sites excluding steroid dienone is 4. The van der Waals surface area contributed by atoms with Gasteiger partial charge >= 0.3 is 0 Å². The number of fused-ring (bicyclic) bond motifs is 4. The highest BCUT2D eigenvalue weighted by Gasteiger charge is 2.33. The molecule has 0 N–H and O–H groups in total. The highest BCUT2D eigenvalue weighted by molar-refractivity contribution is 8.18. The van der Waals surface area contributed by atoms with Crippen molar-refractivity contribution in [2.75, 3.05) is 45.7 Å². The van der Waals surface area contributed by atoms with Crippen LogP contribution in [0.15, 0.2) is 75.9 Å². The van der Waals surface area contributed by atoms with E-state index in [2.05, 4.69) is 44.2 Å². The third-order valence-corrected chi connectivity index (χ3v) is 7.15. The molecule has 1 saturated heterocycles. The number of rotatable bonds is 7. The number of furan rings is 1. The van der Waals surface area contributed by atoms with Gasteiger partial charge < -0.3 is 18.5 Å².